The molecule has 0 saturated carbocycles. The molecule has 156 valence electrons. The number of hydrogen-bond donors (Lipinski definition) is 2. The molecule has 1 aromatic carbocycles. The zero-order valence-corrected chi connectivity index (χ0v) is 17.4. The highest BCUT2D eigenvalue weighted by molar-refractivity contribution is 7.90. The molecule has 1 aromatic heterocycles. The quantitative estimate of drug-likeness (QED) is 0.733. The van der Waals surface area contributed by atoms with E-state index in [4.69, 9.17) is 9.26 Å². The first-order chi connectivity index (χ1) is 13.6. The van der Waals surface area contributed by atoms with Crippen molar-refractivity contribution < 1.29 is 27.3 Å². The van der Waals surface area contributed by atoms with Crippen LogP contribution in [-0.4, -0.2) is 31.5 Å². The Kier molecular flexibility index (Phi) is 5.65. The summed E-state index contributed by atoms with van der Waals surface area (Å²) in [6.45, 7) is 7.16. The summed E-state index contributed by atoms with van der Waals surface area (Å²) in [5.74, 6) is -0.543. The molecule has 2 N–H and O–H groups in total. The maximum absolute atomic E-state index is 12.8. The first-order valence-corrected chi connectivity index (χ1v) is 10.8. The van der Waals surface area contributed by atoms with Crippen LogP contribution in [0, 0.1) is 12.8 Å². The van der Waals surface area contributed by atoms with Gasteiger partial charge in [-0.05, 0) is 30.9 Å². The molecule has 2 amide bonds. The molecule has 1 atom stereocenters. The van der Waals surface area contributed by atoms with Gasteiger partial charge in [-0.3, -0.25) is 9.59 Å². The van der Waals surface area contributed by atoms with E-state index in [0.29, 0.717) is 23.4 Å². The number of sulfonamides is 1. The van der Waals surface area contributed by atoms with Crippen molar-refractivity contribution in [2.45, 2.75) is 51.5 Å². The number of rotatable bonds is 6. The van der Waals surface area contributed by atoms with Crippen molar-refractivity contribution in [3.05, 3.63) is 35.2 Å². The zero-order valence-electron chi connectivity index (χ0n) is 16.6. The fourth-order valence-corrected chi connectivity index (χ4v) is 4.20. The monoisotopic (exact) mass is 421 g/mol. The average Bonchev–Trinajstić information content (AvgIpc) is 3.09. The molecule has 3 rings (SSSR count). The summed E-state index contributed by atoms with van der Waals surface area (Å²) in [6.07, 6.45) is 0.663. The highest BCUT2D eigenvalue weighted by Crippen LogP contribution is 2.35. The van der Waals surface area contributed by atoms with Gasteiger partial charge in [0.15, 0.2) is 11.8 Å². The zero-order chi connectivity index (χ0) is 21.3. The predicted molar refractivity (Wildman–Crippen MR) is 104 cm³/mol. The second-order valence-electron chi connectivity index (χ2n) is 7.25. The molecular weight excluding hydrogens is 398 g/mol. The number of carbonyl (C=O) groups excluding carboxylic acids is 2. The Bertz CT molecular complexity index is 1060. The second kappa shape index (κ2) is 7.86. The van der Waals surface area contributed by atoms with E-state index < -0.39 is 22.0 Å². The summed E-state index contributed by atoms with van der Waals surface area (Å²) in [5, 5.41) is 6.34. The van der Waals surface area contributed by atoms with Crippen molar-refractivity contribution in [2.75, 3.05) is 5.32 Å². The highest BCUT2D eigenvalue weighted by atomic mass is 32.2. The van der Waals surface area contributed by atoms with Crippen LogP contribution in [0.15, 0.2) is 27.6 Å². The molecule has 1 aliphatic heterocycles. The molecule has 9 nitrogen and oxygen atoms in total. The minimum absolute atomic E-state index is 0.103. The number of anilines is 1. The molecule has 0 aliphatic carbocycles. The van der Waals surface area contributed by atoms with Gasteiger partial charge >= 0.3 is 0 Å². The first-order valence-electron chi connectivity index (χ1n) is 9.27. The van der Waals surface area contributed by atoms with Gasteiger partial charge in [-0.1, -0.05) is 25.9 Å². The van der Waals surface area contributed by atoms with Crippen LogP contribution in [0.25, 0.3) is 0 Å². The Balaban J connectivity index is 1.88. The molecule has 2 aromatic rings. The Labute approximate surface area is 168 Å². The summed E-state index contributed by atoms with van der Waals surface area (Å²) in [6, 6.07) is 4.22. The molecule has 0 unspecified atom stereocenters. The third kappa shape index (κ3) is 4.26. The second-order valence-corrected chi connectivity index (χ2v) is 8.90. The minimum Gasteiger partial charge on any atom is -0.478 e. The molecule has 0 radical (unpaired) electrons. The number of hydrogen-bond acceptors (Lipinski definition) is 7. The highest BCUT2D eigenvalue weighted by Gasteiger charge is 2.32. The van der Waals surface area contributed by atoms with E-state index in [0.717, 1.165) is 6.42 Å². The maximum Gasteiger partial charge on any atom is 0.287 e. The summed E-state index contributed by atoms with van der Waals surface area (Å²) in [5.41, 5.74) is 0.620. The van der Waals surface area contributed by atoms with Gasteiger partial charge in [0.1, 0.15) is 11.5 Å². The summed E-state index contributed by atoms with van der Waals surface area (Å²) < 4.78 is 38.3. The lowest BCUT2D eigenvalue weighted by molar-refractivity contribution is -0.125. The Hall–Kier alpha value is -2.88. The van der Waals surface area contributed by atoms with Crippen LogP contribution in [0.2, 0.25) is 0 Å². The molecular formula is C19H23N3O6S. The third-order valence-electron chi connectivity index (χ3n) is 4.46. The fourth-order valence-electron chi connectivity index (χ4n) is 3.00. The van der Waals surface area contributed by atoms with Crippen molar-refractivity contribution >= 4 is 27.5 Å². The number of ether oxygens (including phenoxy) is 1. The lowest BCUT2D eigenvalue weighted by Gasteiger charge is -2.29. The van der Waals surface area contributed by atoms with Gasteiger partial charge in [0.05, 0.1) is 10.6 Å². The van der Waals surface area contributed by atoms with E-state index in [-0.39, 0.29) is 28.2 Å². The van der Waals surface area contributed by atoms with E-state index >= 15 is 0 Å². The molecule has 0 saturated heterocycles. The number of aryl methyl sites for hydroxylation is 2. The SMILES string of the molecule is CCCc1cc(C(=O)NS(=O)(=O)c2cc3c(cc2C)NC(=O)[C@@H](C(C)C)O3)no1. The smallest absolute Gasteiger partial charge is 0.287 e. The summed E-state index contributed by atoms with van der Waals surface area (Å²) in [4.78, 5) is 24.3. The van der Waals surface area contributed by atoms with Crippen LogP contribution >= 0.6 is 0 Å². The van der Waals surface area contributed by atoms with Crippen molar-refractivity contribution in [3.8, 4) is 5.75 Å². The Morgan fingerprint density at radius 2 is 2.03 bits per heavy atom. The predicted octanol–water partition coefficient (Wildman–Crippen LogP) is 2.41. The molecule has 29 heavy (non-hydrogen) atoms. The first kappa shape index (κ1) is 20.8. The van der Waals surface area contributed by atoms with Gasteiger partial charge in [0, 0.05) is 18.6 Å². The minimum atomic E-state index is -4.20. The number of amides is 2. The molecule has 1 aliphatic rings. The van der Waals surface area contributed by atoms with Gasteiger partial charge in [0.25, 0.3) is 21.8 Å². The molecule has 2 heterocycles. The molecule has 0 bridgehead atoms. The fraction of sp³-hybridized carbons (Fsp3) is 0.421. The van der Waals surface area contributed by atoms with Crippen molar-refractivity contribution in [3.63, 3.8) is 0 Å². The molecule has 0 fully saturated rings. The van der Waals surface area contributed by atoms with E-state index in [9.17, 15) is 18.0 Å². The van der Waals surface area contributed by atoms with Crippen LogP contribution in [0.3, 0.4) is 0 Å². The number of nitrogens with zero attached hydrogens (tertiary/aromatic N) is 1. The normalized spacial score (nSPS) is 16.2. The summed E-state index contributed by atoms with van der Waals surface area (Å²) >= 11 is 0. The average molecular weight is 421 g/mol. The summed E-state index contributed by atoms with van der Waals surface area (Å²) in [7, 11) is -4.20. The van der Waals surface area contributed by atoms with E-state index in [1.54, 1.807) is 6.92 Å². The van der Waals surface area contributed by atoms with E-state index in [2.05, 4.69) is 10.5 Å². The lowest BCUT2D eigenvalue weighted by atomic mass is 10.0. The van der Waals surface area contributed by atoms with Crippen molar-refractivity contribution in [1.82, 2.24) is 9.88 Å². The maximum atomic E-state index is 12.8. The van der Waals surface area contributed by atoms with Gasteiger partial charge in [0.2, 0.25) is 0 Å². The number of nitrogens with one attached hydrogen (secondary N) is 2. The van der Waals surface area contributed by atoms with Gasteiger partial charge in [-0.2, -0.15) is 0 Å². The van der Waals surface area contributed by atoms with E-state index in [1.165, 1.54) is 18.2 Å². The van der Waals surface area contributed by atoms with Crippen LogP contribution in [-0.2, 0) is 21.2 Å². The van der Waals surface area contributed by atoms with Crippen LogP contribution in [0.1, 0.15) is 49.0 Å². The third-order valence-corrected chi connectivity index (χ3v) is 5.93. The standard InChI is InChI=1S/C19H23N3O6S/c1-5-6-12-8-14(21-28-12)18(23)22-29(25,26)16-9-15-13(7-11(16)4)20-19(24)17(27-15)10(2)3/h7-10,17H,5-6H2,1-4H3,(H,20,24)(H,22,23)/t17-/m1/s1. The molecule has 10 heteroatoms. The number of carbonyl (C=O) groups is 2. The largest absolute Gasteiger partial charge is 0.478 e. The van der Waals surface area contributed by atoms with Crippen molar-refractivity contribution in [2.24, 2.45) is 5.92 Å². The number of benzene rings is 1. The van der Waals surface area contributed by atoms with Crippen LogP contribution in [0.4, 0.5) is 5.69 Å². The Morgan fingerprint density at radius 3 is 2.69 bits per heavy atom. The lowest BCUT2D eigenvalue weighted by Crippen LogP contribution is -2.40. The van der Waals surface area contributed by atoms with Crippen LogP contribution < -0.4 is 14.8 Å². The van der Waals surface area contributed by atoms with E-state index in [1.807, 2.05) is 25.5 Å². The van der Waals surface area contributed by atoms with Gasteiger partial charge in [-0.15, -0.1) is 0 Å². The van der Waals surface area contributed by atoms with Gasteiger partial charge < -0.3 is 14.6 Å². The van der Waals surface area contributed by atoms with Crippen molar-refractivity contribution in [1.29, 1.82) is 0 Å². The topological polar surface area (TPSA) is 128 Å². The number of fused-ring (bicyclic) bond motifs is 1. The Morgan fingerprint density at radius 1 is 1.31 bits per heavy atom. The van der Waals surface area contributed by atoms with Crippen LogP contribution in [0.5, 0.6) is 5.75 Å². The molecule has 0 spiro atoms. The number of aromatic nitrogens is 1. The van der Waals surface area contributed by atoms with Gasteiger partial charge in [-0.25, -0.2) is 13.1 Å².